The normalized spacial score (nSPS) is 22.9. The Bertz CT molecular complexity index is 1690. The Morgan fingerprint density at radius 3 is 2.49 bits per heavy atom. The number of hydrogen-bond donors (Lipinski definition) is 3. The molecule has 2 saturated heterocycles. The number of fused-ring (bicyclic) bond motifs is 1. The number of aliphatic hydroxyl groups is 2. The third-order valence-corrected chi connectivity index (χ3v) is 10.3. The van der Waals surface area contributed by atoms with E-state index in [9.17, 15) is 29.3 Å². The Morgan fingerprint density at radius 1 is 1.06 bits per heavy atom. The zero-order valence-corrected chi connectivity index (χ0v) is 27.7. The van der Waals surface area contributed by atoms with Crippen molar-refractivity contribution < 1.29 is 34.0 Å². The number of benzene rings is 2. The van der Waals surface area contributed by atoms with Crippen molar-refractivity contribution in [3.63, 3.8) is 0 Å². The van der Waals surface area contributed by atoms with Gasteiger partial charge in [0, 0.05) is 44.9 Å². The number of carbonyl (C=O) groups is 2. The molecule has 0 saturated carbocycles. The van der Waals surface area contributed by atoms with E-state index in [0.29, 0.717) is 36.1 Å². The number of amides is 2. The van der Waals surface area contributed by atoms with Gasteiger partial charge in [-0.25, -0.2) is 4.39 Å². The van der Waals surface area contributed by atoms with Crippen LogP contribution in [0.1, 0.15) is 48.9 Å². The number of pyridine rings is 1. The Balaban J connectivity index is 1.20. The summed E-state index contributed by atoms with van der Waals surface area (Å²) in [5, 5.41) is 32.2. The molecular formula is C39H44FN3O6. The molecule has 0 spiro atoms. The number of imide groups is 1. The van der Waals surface area contributed by atoms with Gasteiger partial charge in [0.1, 0.15) is 0 Å². The first-order valence-electron chi connectivity index (χ1n) is 17.0. The zero-order chi connectivity index (χ0) is 34.5. The number of phenolic OH excluding ortho intramolecular Hbond substituents is 1. The molecule has 10 heteroatoms. The maximum Gasteiger partial charge on any atom is 0.234 e. The molecule has 1 aliphatic carbocycles. The predicted molar refractivity (Wildman–Crippen MR) is 183 cm³/mol. The fourth-order valence-electron chi connectivity index (χ4n) is 7.92. The molecule has 4 atom stereocenters. The van der Waals surface area contributed by atoms with Gasteiger partial charge in [0.25, 0.3) is 0 Å². The van der Waals surface area contributed by atoms with Crippen LogP contribution in [-0.2, 0) is 20.9 Å². The van der Waals surface area contributed by atoms with Gasteiger partial charge in [0.05, 0.1) is 36.8 Å². The van der Waals surface area contributed by atoms with Crippen LogP contribution in [0.15, 0.2) is 84.1 Å². The maximum atomic E-state index is 14.2. The topological polar surface area (TPSA) is 123 Å². The van der Waals surface area contributed by atoms with Crippen molar-refractivity contribution in [2.45, 2.75) is 50.8 Å². The number of hydrogen-bond acceptors (Lipinski definition) is 8. The van der Waals surface area contributed by atoms with Gasteiger partial charge in [-0.15, -0.1) is 0 Å². The highest BCUT2D eigenvalue weighted by molar-refractivity contribution is 6.06. The molecule has 49 heavy (non-hydrogen) atoms. The number of halogens is 1. The fraction of sp³-hybridized carbons (Fsp3) is 0.410. The van der Waals surface area contributed by atoms with E-state index in [4.69, 9.17) is 4.74 Å². The van der Waals surface area contributed by atoms with Crippen LogP contribution in [0.2, 0.25) is 0 Å². The van der Waals surface area contributed by atoms with Crippen molar-refractivity contribution in [2.24, 2.45) is 17.8 Å². The van der Waals surface area contributed by atoms with Crippen molar-refractivity contribution in [3.8, 4) is 5.75 Å². The number of piperidine rings is 1. The summed E-state index contributed by atoms with van der Waals surface area (Å²) in [4.78, 5) is 36.3. The molecule has 0 bridgehead atoms. The first-order valence-corrected chi connectivity index (χ1v) is 17.0. The second-order valence-corrected chi connectivity index (χ2v) is 13.3. The summed E-state index contributed by atoms with van der Waals surface area (Å²) in [6.07, 6.45) is 4.62. The van der Waals surface area contributed by atoms with Crippen molar-refractivity contribution in [1.82, 2.24) is 14.8 Å². The van der Waals surface area contributed by atoms with Gasteiger partial charge >= 0.3 is 0 Å². The Hall–Kier alpha value is -4.22. The summed E-state index contributed by atoms with van der Waals surface area (Å²) in [5.74, 6) is -3.74. The van der Waals surface area contributed by atoms with Gasteiger partial charge in [-0.1, -0.05) is 42.5 Å². The average Bonchev–Trinajstić information content (AvgIpc) is 3.37. The minimum absolute atomic E-state index is 0.168. The van der Waals surface area contributed by atoms with E-state index in [1.807, 2.05) is 30.3 Å². The molecule has 0 radical (unpaired) electrons. The third kappa shape index (κ3) is 7.52. The average molecular weight is 670 g/mol. The lowest BCUT2D eigenvalue weighted by Crippen LogP contribution is -2.47. The minimum atomic E-state index is -1.04. The molecule has 1 aromatic heterocycles. The second-order valence-electron chi connectivity index (χ2n) is 13.3. The van der Waals surface area contributed by atoms with E-state index in [1.54, 1.807) is 31.5 Å². The summed E-state index contributed by atoms with van der Waals surface area (Å²) >= 11 is 0. The van der Waals surface area contributed by atoms with Gasteiger partial charge in [-0.05, 0) is 90.3 Å². The SMILES string of the molecule is COCC1=C([C@H](O)CC/C(=C/c2ccc(O)c(F)c2)c2ccccn2)[C@H](CO)[C@@H]2C(=O)N(C3CCN(Cc4ccccc4)CC3)C(=O)[C@@H]2C1. The maximum absolute atomic E-state index is 14.2. The Kier molecular flexibility index (Phi) is 11.0. The van der Waals surface area contributed by atoms with Gasteiger partial charge in [-0.2, -0.15) is 0 Å². The third-order valence-electron chi connectivity index (χ3n) is 10.3. The molecule has 3 heterocycles. The molecule has 2 amide bonds. The van der Waals surface area contributed by atoms with Crippen molar-refractivity contribution >= 4 is 23.5 Å². The summed E-state index contributed by atoms with van der Waals surface area (Å²) in [6.45, 7) is 2.15. The number of allylic oxidation sites excluding steroid dienone is 1. The zero-order valence-electron chi connectivity index (χ0n) is 27.7. The van der Waals surface area contributed by atoms with E-state index in [2.05, 4.69) is 22.0 Å². The van der Waals surface area contributed by atoms with Crippen LogP contribution in [0.25, 0.3) is 11.6 Å². The molecule has 6 rings (SSSR count). The lowest BCUT2D eigenvalue weighted by atomic mass is 9.68. The van der Waals surface area contributed by atoms with Crippen molar-refractivity contribution in [2.75, 3.05) is 33.4 Å². The number of likely N-dealkylation sites (tertiary alicyclic amines) is 2. The highest BCUT2D eigenvalue weighted by atomic mass is 19.1. The first kappa shape index (κ1) is 34.6. The molecule has 2 aliphatic heterocycles. The largest absolute Gasteiger partial charge is 0.505 e. The molecule has 3 aromatic rings. The van der Waals surface area contributed by atoms with Crippen LogP contribution in [0.4, 0.5) is 4.39 Å². The van der Waals surface area contributed by atoms with Gasteiger partial charge in [-0.3, -0.25) is 24.4 Å². The summed E-state index contributed by atoms with van der Waals surface area (Å²) in [6, 6.07) is 19.6. The number of aromatic hydroxyl groups is 1. The number of rotatable bonds is 12. The predicted octanol–water partition coefficient (Wildman–Crippen LogP) is 4.83. The lowest BCUT2D eigenvalue weighted by molar-refractivity contribution is -0.144. The van der Waals surface area contributed by atoms with Gasteiger partial charge in [0.2, 0.25) is 11.8 Å². The van der Waals surface area contributed by atoms with E-state index in [-0.39, 0.29) is 37.3 Å². The molecule has 3 aliphatic rings. The minimum Gasteiger partial charge on any atom is -0.505 e. The smallest absolute Gasteiger partial charge is 0.234 e. The van der Waals surface area contributed by atoms with Crippen LogP contribution in [0, 0.1) is 23.6 Å². The van der Waals surface area contributed by atoms with Crippen LogP contribution in [0.3, 0.4) is 0 Å². The quantitative estimate of drug-likeness (QED) is 0.185. The van der Waals surface area contributed by atoms with Crippen LogP contribution in [0.5, 0.6) is 5.75 Å². The molecule has 9 nitrogen and oxygen atoms in total. The Morgan fingerprint density at radius 2 is 1.82 bits per heavy atom. The summed E-state index contributed by atoms with van der Waals surface area (Å²) in [7, 11) is 1.55. The summed E-state index contributed by atoms with van der Waals surface area (Å²) < 4.78 is 19.7. The molecular weight excluding hydrogens is 625 g/mol. The van der Waals surface area contributed by atoms with Crippen molar-refractivity contribution in [1.29, 1.82) is 0 Å². The molecule has 2 aromatic carbocycles. The van der Waals surface area contributed by atoms with Crippen molar-refractivity contribution in [3.05, 3.63) is 107 Å². The molecule has 258 valence electrons. The van der Waals surface area contributed by atoms with E-state index in [1.165, 1.54) is 22.6 Å². The molecule has 2 fully saturated rings. The Labute approximate surface area is 286 Å². The van der Waals surface area contributed by atoms with E-state index >= 15 is 0 Å². The van der Waals surface area contributed by atoms with E-state index < -0.39 is 42.0 Å². The number of carbonyl (C=O) groups excluding carboxylic acids is 2. The van der Waals surface area contributed by atoms with Crippen LogP contribution in [-0.4, -0.2) is 87.5 Å². The van der Waals surface area contributed by atoms with Gasteiger partial charge in [0.15, 0.2) is 11.6 Å². The summed E-state index contributed by atoms with van der Waals surface area (Å²) in [5.41, 5.74) is 4.44. The number of methoxy groups -OCH3 is 1. The lowest BCUT2D eigenvalue weighted by Gasteiger charge is -2.37. The number of phenols is 1. The van der Waals surface area contributed by atoms with Crippen LogP contribution < -0.4 is 0 Å². The van der Waals surface area contributed by atoms with Gasteiger partial charge < -0.3 is 20.1 Å². The highest BCUT2D eigenvalue weighted by Gasteiger charge is 2.56. The first-order chi connectivity index (χ1) is 23.8. The number of aliphatic hydroxyl groups excluding tert-OH is 2. The fourth-order valence-corrected chi connectivity index (χ4v) is 7.92. The number of nitrogens with zero attached hydrogens (tertiary/aromatic N) is 3. The number of aromatic nitrogens is 1. The highest BCUT2D eigenvalue weighted by Crippen LogP contribution is 2.47. The second kappa shape index (κ2) is 15.6. The standard InChI is InChI=1S/C39H44FN3O6/c1-49-24-28-21-30-37(39(48)43(38(30)47)29-14-17-42(18-15-29)22-25-7-3-2-4-8-25)31(23-44)36(28)35(46)13-11-27(33-9-5-6-16-41-33)19-26-10-12-34(45)32(40)20-26/h2-10,12,16,19-20,29-31,35,37,44-46H,11,13-15,17-18,21-24H2,1H3/b27-19-/t30-,31+,35-,37-/m1/s1. The monoisotopic (exact) mass is 669 g/mol. The molecule has 0 unspecified atom stereocenters. The molecule has 3 N–H and O–H groups in total. The number of ether oxygens (including phenoxy) is 1. The van der Waals surface area contributed by atoms with E-state index in [0.717, 1.165) is 30.8 Å². The van der Waals surface area contributed by atoms with Crippen LogP contribution >= 0.6 is 0 Å².